The standard InChI is InChI=1S/C52H49N/c1-33-36-20-21-37-29-34(28-36)30-48(33)52(37)46-18-8-6-16-42(46)44-31-38(23-25-47(44)52)53(50-19-11-13-35-12-3-4-14-40(35)50)39-22-24-43-41-15-5-7-17-45(41)51(49(43)32-39)26-9-2-10-27-51/h3-8,11-19,22-25,31-34,36-37,48H,2,9-10,20-21,26-30H2,1H3/t33-,34?,36?,37?,48?,52?/m0/s1. The van der Waals surface area contributed by atoms with Crippen LogP contribution in [0.2, 0.25) is 0 Å². The molecule has 4 bridgehead atoms. The highest BCUT2D eigenvalue weighted by Gasteiger charge is 2.61. The van der Waals surface area contributed by atoms with Crippen molar-refractivity contribution < 1.29 is 0 Å². The third-order valence-corrected chi connectivity index (χ3v) is 15.9. The Morgan fingerprint density at radius 2 is 1.25 bits per heavy atom. The summed E-state index contributed by atoms with van der Waals surface area (Å²) in [4.78, 5) is 2.61. The second-order valence-corrected chi connectivity index (χ2v) is 18.0. The van der Waals surface area contributed by atoms with E-state index in [0.717, 1.165) is 29.6 Å². The molecule has 0 heterocycles. The number of benzene rings is 6. The van der Waals surface area contributed by atoms with Gasteiger partial charge in [-0.1, -0.05) is 123 Å². The largest absolute Gasteiger partial charge is 0.310 e. The van der Waals surface area contributed by atoms with E-state index in [0.29, 0.717) is 0 Å². The third-order valence-electron chi connectivity index (χ3n) is 15.9. The van der Waals surface area contributed by atoms with Gasteiger partial charge in [0.1, 0.15) is 0 Å². The minimum Gasteiger partial charge on any atom is -0.310 e. The summed E-state index contributed by atoms with van der Waals surface area (Å²) in [5, 5.41) is 2.59. The Hall–Kier alpha value is -4.62. The van der Waals surface area contributed by atoms with Crippen molar-refractivity contribution in [1.82, 2.24) is 0 Å². The van der Waals surface area contributed by atoms with Crippen molar-refractivity contribution in [1.29, 1.82) is 0 Å². The van der Waals surface area contributed by atoms with Crippen LogP contribution in [0, 0.1) is 29.6 Å². The van der Waals surface area contributed by atoms with Gasteiger partial charge in [0.15, 0.2) is 0 Å². The molecule has 0 aliphatic heterocycles. The van der Waals surface area contributed by atoms with Crippen molar-refractivity contribution >= 4 is 27.8 Å². The Balaban J connectivity index is 1.08. The minimum absolute atomic E-state index is 0.114. The highest BCUT2D eigenvalue weighted by atomic mass is 15.1. The molecule has 6 atom stereocenters. The predicted molar refractivity (Wildman–Crippen MR) is 220 cm³/mol. The summed E-state index contributed by atoms with van der Waals surface area (Å²) in [7, 11) is 0. The van der Waals surface area contributed by atoms with Gasteiger partial charge in [-0.3, -0.25) is 0 Å². The molecule has 7 aliphatic carbocycles. The Bertz CT molecular complexity index is 2440. The number of fused-ring (bicyclic) bond motifs is 10. The van der Waals surface area contributed by atoms with E-state index >= 15 is 0 Å². The van der Waals surface area contributed by atoms with E-state index in [9.17, 15) is 0 Å². The lowest BCUT2D eigenvalue weighted by Crippen LogP contribution is -2.51. The van der Waals surface area contributed by atoms with E-state index in [1.54, 1.807) is 22.3 Å². The quantitative estimate of drug-likeness (QED) is 0.179. The van der Waals surface area contributed by atoms with Crippen LogP contribution in [0.25, 0.3) is 33.0 Å². The zero-order chi connectivity index (χ0) is 34.9. The summed E-state index contributed by atoms with van der Waals surface area (Å²) in [5.41, 5.74) is 16.3. The smallest absolute Gasteiger partial charge is 0.0540 e. The maximum atomic E-state index is 2.63. The summed E-state index contributed by atoms with van der Waals surface area (Å²) >= 11 is 0. The lowest BCUT2D eigenvalue weighted by Gasteiger charge is -2.55. The van der Waals surface area contributed by atoms with Crippen molar-refractivity contribution in [2.75, 3.05) is 4.90 Å². The second kappa shape index (κ2) is 11.2. The molecular formula is C52H49N. The summed E-state index contributed by atoms with van der Waals surface area (Å²) in [6.07, 6.45) is 13.6. The third kappa shape index (κ3) is 4.04. The van der Waals surface area contributed by atoms with Crippen molar-refractivity contribution in [2.45, 2.75) is 82.0 Å². The van der Waals surface area contributed by atoms with Crippen LogP contribution < -0.4 is 4.90 Å². The van der Waals surface area contributed by atoms with E-state index in [-0.39, 0.29) is 10.8 Å². The molecule has 0 aromatic heterocycles. The molecule has 13 rings (SSSR count). The molecule has 2 spiro atoms. The van der Waals surface area contributed by atoms with Gasteiger partial charge in [0, 0.05) is 27.6 Å². The molecule has 53 heavy (non-hydrogen) atoms. The van der Waals surface area contributed by atoms with Crippen molar-refractivity contribution in [2.24, 2.45) is 29.6 Å². The van der Waals surface area contributed by atoms with Crippen molar-refractivity contribution in [3.8, 4) is 22.3 Å². The molecule has 0 N–H and O–H groups in total. The number of hydrogen-bond acceptors (Lipinski definition) is 1. The number of rotatable bonds is 3. The molecule has 1 heteroatoms. The summed E-state index contributed by atoms with van der Waals surface area (Å²) in [6.45, 7) is 2.63. The van der Waals surface area contributed by atoms with Crippen LogP contribution in [0.1, 0.15) is 93.4 Å². The molecule has 7 aliphatic rings. The number of anilines is 3. The highest BCUT2D eigenvalue weighted by Crippen LogP contribution is 2.69. The van der Waals surface area contributed by atoms with Crippen LogP contribution in [-0.4, -0.2) is 0 Å². The SMILES string of the molecule is C[C@H]1C2CCC3CC(C2)CC1C31c2ccccc2-c2cc(N(c3ccc4c(c3)C3(CCCCC3)c3ccccc3-4)c3cccc4ccccc34)ccc21. The Labute approximate surface area is 315 Å². The molecule has 6 aromatic rings. The summed E-state index contributed by atoms with van der Waals surface area (Å²) in [5.74, 6) is 4.09. The lowest BCUT2D eigenvalue weighted by molar-refractivity contribution is 0.0174. The first kappa shape index (κ1) is 30.8. The second-order valence-electron chi connectivity index (χ2n) is 18.0. The zero-order valence-electron chi connectivity index (χ0n) is 31.0. The van der Waals surface area contributed by atoms with Crippen LogP contribution in [0.15, 0.2) is 127 Å². The van der Waals surface area contributed by atoms with E-state index < -0.39 is 0 Å². The van der Waals surface area contributed by atoms with Gasteiger partial charge in [-0.15, -0.1) is 0 Å². The predicted octanol–water partition coefficient (Wildman–Crippen LogP) is 13.9. The van der Waals surface area contributed by atoms with Crippen LogP contribution in [-0.2, 0) is 10.8 Å². The molecule has 1 nitrogen and oxygen atoms in total. The maximum absolute atomic E-state index is 2.63. The summed E-state index contributed by atoms with van der Waals surface area (Å²) < 4.78 is 0. The van der Waals surface area contributed by atoms with Gasteiger partial charge < -0.3 is 4.90 Å². The van der Waals surface area contributed by atoms with Crippen LogP contribution >= 0.6 is 0 Å². The van der Waals surface area contributed by atoms with E-state index in [1.807, 2.05) is 0 Å². The fourth-order valence-corrected chi connectivity index (χ4v) is 13.9. The van der Waals surface area contributed by atoms with Gasteiger partial charge in [-0.2, -0.15) is 0 Å². The number of nitrogens with zero attached hydrogens (tertiary/aromatic N) is 1. The normalized spacial score (nSPS) is 28.1. The fourth-order valence-electron chi connectivity index (χ4n) is 13.9. The van der Waals surface area contributed by atoms with Crippen LogP contribution in [0.5, 0.6) is 0 Å². The van der Waals surface area contributed by atoms with E-state index in [1.165, 1.54) is 114 Å². The molecule has 0 radical (unpaired) electrons. The Morgan fingerprint density at radius 1 is 0.547 bits per heavy atom. The Kier molecular flexibility index (Phi) is 6.51. The Morgan fingerprint density at radius 3 is 2.13 bits per heavy atom. The topological polar surface area (TPSA) is 3.24 Å². The first-order valence-corrected chi connectivity index (χ1v) is 20.9. The van der Waals surface area contributed by atoms with Gasteiger partial charge in [0.25, 0.3) is 0 Å². The number of hydrogen-bond donors (Lipinski definition) is 0. The van der Waals surface area contributed by atoms with E-state index in [2.05, 4.69) is 139 Å². The average molecular weight is 688 g/mol. The molecule has 5 saturated carbocycles. The van der Waals surface area contributed by atoms with Crippen molar-refractivity contribution in [3.05, 3.63) is 150 Å². The maximum Gasteiger partial charge on any atom is 0.0540 e. The van der Waals surface area contributed by atoms with Gasteiger partial charge in [0.05, 0.1) is 5.69 Å². The van der Waals surface area contributed by atoms with Crippen LogP contribution in [0.3, 0.4) is 0 Å². The zero-order valence-corrected chi connectivity index (χ0v) is 31.0. The molecule has 5 unspecified atom stereocenters. The van der Waals surface area contributed by atoms with E-state index in [4.69, 9.17) is 0 Å². The van der Waals surface area contributed by atoms with Gasteiger partial charge in [-0.25, -0.2) is 0 Å². The molecule has 262 valence electrons. The molecule has 5 fully saturated rings. The first-order chi connectivity index (χ1) is 26.1. The van der Waals surface area contributed by atoms with Gasteiger partial charge in [0.2, 0.25) is 0 Å². The van der Waals surface area contributed by atoms with Gasteiger partial charge in [-0.05, 0) is 155 Å². The first-order valence-electron chi connectivity index (χ1n) is 20.9. The van der Waals surface area contributed by atoms with Gasteiger partial charge >= 0.3 is 0 Å². The minimum atomic E-state index is 0.114. The molecular weight excluding hydrogens is 639 g/mol. The fraction of sp³-hybridized carbons (Fsp3) is 0.346. The molecule has 0 amide bonds. The summed E-state index contributed by atoms with van der Waals surface area (Å²) in [6, 6.07) is 50.0. The molecule has 6 aromatic carbocycles. The molecule has 0 saturated heterocycles. The average Bonchev–Trinajstić information content (AvgIpc) is 3.53. The monoisotopic (exact) mass is 687 g/mol. The highest BCUT2D eigenvalue weighted by molar-refractivity contribution is 6.00. The van der Waals surface area contributed by atoms with Crippen molar-refractivity contribution in [3.63, 3.8) is 0 Å². The lowest BCUT2D eigenvalue weighted by atomic mass is 9.48. The van der Waals surface area contributed by atoms with Crippen LogP contribution in [0.4, 0.5) is 17.1 Å².